The van der Waals surface area contributed by atoms with E-state index in [9.17, 15) is 4.79 Å². The minimum Gasteiger partial charge on any atom is -0.347 e. The fourth-order valence-corrected chi connectivity index (χ4v) is 2.13. The second kappa shape index (κ2) is 5.09. The Morgan fingerprint density at radius 3 is 2.88 bits per heavy atom. The molecule has 0 saturated heterocycles. The van der Waals surface area contributed by atoms with Crippen molar-refractivity contribution in [2.45, 2.75) is 45.6 Å². The van der Waals surface area contributed by atoms with E-state index in [1.54, 1.807) is 6.92 Å². The van der Waals surface area contributed by atoms with Crippen LogP contribution in [0, 0.1) is 12.8 Å². The highest BCUT2D eigenvalue weighted by atomic mass is 16.5. The molecular weight excluding hydrogens is 206 g/mol. The lowest BCUT2D eigenvalue weighted by molar-refractivity contribution is -0.122. The molecule has 0 unspecified atom stereocenters. The third kappa shape index (κ3) is 3.05. The molecule has 1 aromatic heterocycles. The topological polar surface area (TPSA) is 68.0 Å². The molecule has 5 nitrogen and oxygen atoms in total. The summed E-state index contributed by atoms with van der Waals surface area (Å²) in [5, 5.41) is 6.46. The molecule has 1 aliphatic rings. The summed E-state index contributed by atoms with van der Waals surface area (Å²) in [7, 11) is 0. The monoisotopic (exact) mass is 223 g/mol. The fraction of sp³-hybridized carbons (Fsp3) is 0.727. The van der Waals surface area contributed by atoms with Crippen LogP contribution in [0.1, 0.15) is 43.8 Å². The number of aromatic nitrogens is 2. The van der Waals surface area contributed by atoms with Gasteiger partial charge in [-0.1, -0.05) is 18.0 Å². The van der Waals surface area contributed by atoms with Gasteiger partial charge in [-0.2, -0.15) is 4.98 Å². The molecule has 2 rings (SSSR count). The van der Waals surface area contributed by atoms with E-state index in [0.717, 1.165) is 0 Å². The Balaban J connectivity index is 1.71. The molecule has 0 radical (unpaired) electrons. The average Bonchev–Trinajstić information content (AvgIpc) is 2.87. The Kier molecular flexibility index (Phi) is 3.54. The van der Waals surface area contributed by atoms with Gasteiger partial charge < -0.3 is 9.84 Å². The second-order valence-corrected chi connectivity index (χ2v) is 4.37. The molecule has 1 aliphatic carbocycles. The molecule has 1 aromatic rings. The largest absolute Gasteiger partial charge is 0.347 e. The number of rotatable bonds is 4. The van der Waals surface area contributed by atoms with Crippen LogP contribution in [0.4, 0.5) is 0 Å². The van der Waals surface area contributed by atoms with Gasteiger partial charge in [-0.05, 0) is 25.7 Å². The molecule has 0 atom stereocenters. The van der Waals surface area contributed by atoms with E-state index in [0.29, 0.717) is 30.6 Å². The van der Waals surface area contributed by atoms with Gasteiger partial charge in [0.05, 0.1) is 6.54 Å². The van der Waals surface area contributed by atoms with E-state index < -0.39 is 0 Å². The number of carbonyl (C=O) groups is 1. The van der Waals surface area contributed by atoms with Crippen LogP contribution >= 0.6 is 0 Å². The summed E-state index contributed by atoms with van der Waals surface area (Å²) in [6, 6.07) is 0. The zero-order valence-electron chi connectivity index (χ0n) is 9.53. The Bertz CT molecular complexity index is 356. The van der Waals surface area contributed by atoms with E-state index in [4.69, 9.17) is 4.52 Å². The van der Waals surface area contributed by atoms with E-state index >= 15 is 0 Å². The minimum absolute atomic E-state index is 0.0859. The van der Waals surface area contributed by atoms with Gasteiger partial charge in [-0.3, -0.25) is 4.79 Å². The van der Waals surface area contributed by atoms with Crippen LogP contribution in [0.3, 0.4) is 0 Å². The standard InChI is InChI=1S/C11H17N3O2/c1-8-13-11(16-14-8)7-12-10(15)6-9-4-2-3-5-9/h9H,2-7H2,1H3,(H,12,15). The molecule has 1 fully saturated rings. The first-order valence-electron chi connectivity index (χ1n) is 5.80. The van der Waals surface area contributed by atoms with Crippen molar-refractivity contribution in [3.05, 3.63) is 11.7 Å². The molecule has 1 saturated carbocycles. The number of carbonyl (C=O) groups excluding carboxylic acids is 1. The fourth-order valence-electron chi connectivity index (χ4n) is 2.13. The second-order valence-electron chi connectivity index (χ2n) is 4.37. The quantitative estimate of drug-likeness (QED) is 0.841. The minimum atomic E-state index is 0.0859. The SMILES string of the molecule is Cc1noc(CNC(=O)CC2CCCC2)n1. The summed E-state index contributed by atoms with van der Waals surface area (Å²) in [4.78, 5) is 15.6. The summed E-state index contributed by atoms with van der Waals surface area (Å²) in [6.45, 7) is 2.10. The molecule has 16 heavy (non-hydrogen) atoms. The Morgan fingerprint density at radius 2 is 2.25 bits per heavy atom. The van der Waals surface area contributed by atoms with Crippen molar-refractivity contribution in [2.24, 2.45) is 5.92 Å². The van der Waals surface area contributed by atoms with E-state index in [1.165, 1.54) is 25.7 Å². The van der Waals surface area contributed by atoms with Gasteiger partial charge in [0.1, 0.15) is 0 Å². The van der Waals surface area contributed by atoms with Crippen molar-refractivity contribution in [3.63, 3.8) is 0 Å². The van der Waals surface area contributed by atoms with E-state index in [1.807, 2.05) is 0 Å². The first-order chi connectivity index (χ1) is 7.74. The summed E-state index contributed by atoms with van der Waals surface area (Å²) >= 11 is 0. The van der Waals surface area contributed by atoms with Crippen molar-refractivity contribution >= 4 is 5.91 Å². The van der Waals surface area contributed by atoms with Gasteiger partial charge in [0, 0.05) is 6.42 Å². The van der Waals surface area contributed by atoms with Crippen molar-refractivity contribution in [2.75, 3.05) is 0 Å². The van der Waals surface area contributed by atoms with E-state index in [2.05, 4.69) is 15.5 Å². The van der Waals surface area contributed by atoms with Crippen LogP contribution in [0.25, 0.3) is 0 Å². The lowest BCUT2D eigenvalue weighted by atomic mass is 10.0. The van der Waals surface area contributed by atoms with Crippen molar-refractivity contribution in [1.29, 1.82) is 0 Å². The number of hydrogen-bond donors (Lipinski definition) is 1. The predicted molar refractivity (Wildman–Crippen MR) is 57.5 cm³/mol. The molecule has 0 aromatic carbocycles. The zero-order chi connectivity index (χ0) is 11.4. The van der Waals surface area contributed by atoms with E-state index in [-0.39, 0.29) is 5.91 Å². The first kappa shape index (κ1) is 11.1. The normalized spacial score (nSPS) is 16.6. The maximum Gasteiger partial charge on any atom is 0.246 e. The van der Waals surface area contributed by atoms with Crippen LogP contribution in [-0.2, 0) is 11.3 Å². The van der Waals surface area contributed by atoms with Crippen LogP contribution in [0.5, 0.6) is 0 Å². The van der Waals surface area contributed by atoms with Gasteiger partial charge in [-0.25, -0.2) is 0 Å². The Labute approximate surface area is 94.6 Å². The Hall–Kier alpha value is -1.39. The van der Waals surface area contributed by atoms with Crippen LogP contribution in [0.2, 0.25) is 0 Å². The summed E-state index contributed by atoms with van der Waals surface area (Å²) in [6.07, 6.45) is 5.54. The maximum absolute atomic E-state index is 11.6. The third-order valence-electron chi connectivity index (χ3n) is 2.96. The van der Waals surface area contributed by atoms with Crippen molar-refractivity contribution < 1.29 is 9.32 Å². The molecule has 1 heterocycles. The number of nitrogens with one attached hydrogen (secondary N) is 1. The third-order valence-corrected chi connectivity index (χ3v) is 2.96. The number of hydrogen-bond acceptors (Lipinski definition) is 4. The van der Waals surface area contributed by atoms with Crippen LogP contribution in [-0.4, -0.2) is 16.0 Å². The molecule has 1 amide bonds. The molecule has 0 spiro atoms. The van der Waals surface area contributed by atoms with Crippen molar-refractivity contribution in [1.82, 2.24) is 15.5 Å². The zero-order valence-corrected chi connectivity index (χ0v) is 9.53. The summed E-state index contributed by atoms with van der Waals surface area (Å²) in [5.41, 5.74) is 0. The highest BCUT2D eigenvalue weighted by Crippen LogP contribution is 2.27. The molecule has 88 valence electrons. The average molecular weight is 223 g/mol. The Morgan fingerprint density at radius 1 is 1.50 bits per heavy atom. The lowest BCUT2D eigenvalue weighted by Gasteiger charge is -2.07. The lowest BCUT2D eigenvalue weighted by Crippen LogP contribution is -2.24. The molecule has 1 N–H and O–H groups in total. The number of aryl methyl sites for hydroxylation is 1. The van der Waals surface area contributed by atoms with Crippen molar-refractivity contribution in [3.8, 4) is 0 Å². The van der Waals surface area contributed by atoms with Gasteiger partial charge >= 0.3 is 0 Å². The first-order valence-corrected chi connectivity index (χ1v) is 5.80. The number of nitrogens with zero attached hydrogens (tertiary/aromatic N) is 2. The molecule has 5 heteroatoms. The smallest absolute Gasteiger partial charge is 0.246 e. The summed E-state index contributed by atoms with van der Waals surface area (Å²) < 4.78 is 4.91. The van der Waals surface area contributed by atoms with Crippen LogP contribution in [0.15, 0.2) is 4.52 Å². The highest BCUT2D eigenvalue weighted by molar-refractivity contribution is 5.76. The van der Waals surface area contributed by atoms with Gasteiger partial charge in [0.2, 0.25) is 11.8 Å². The molecular formula is C11H17N3O2. The molecule has 0 aliphatic heterocycles. The molecule has 0 bridgehead atoms. The van der Waals surface area contributed by atoms with Gasteiger partial charge in [-0.15, -0.1) is 0 Å². The van der Waals surface area contributed by atoms with Crippen LogP contribution < -0.4 is 5.32 Å². The summed E-state index contributed by atoms with van der Waals surface area (Å²) in [5.74, 6) is 1.73. The maximum atomic E-state index is 11.6. The van der Waals surface area contributed by atoms with Gasteiger partial charge in [0.25, 0.3) is 0 Å². The number of amides is 1. The van der Waals surface area contributed by atoms with Gasteiger partial charge in [0.15, 0.2) is 5.82 Å². The highest BCUT2D eigenvalue weighted by Gasteiger charge is 2.18. The predicted octanol–water partition coefficient (Wildman–Crippen LogP) is 1.57.